The molecule has 1 aromatic rings. The highest BCUT2D eigenvalue weighted by Gasteiger charge is 2.22. The fraction of sp³-hybridized carbons (Fsp3) is 0.500. The first-order valence-corrected chi connectivity index (χ1v) is 6.31. The second-order valence-corrected chi connectivity index (χ2v) is 5.44. The lowest BCUT2D eigenvalue weighted by atomic mass is 10.2. The predicted molar refractivity (Wildman–Crippen MR) is 69.4 cm³/mol. The van der Waals surface area contributed by atoms with Crippen molar-refractivity contribution in [2.45, 2.75) is 13.8 Å². The monoisotopic (exact) mass is 271 g/mol. The molecule has 0 aliphatic rings. The molecule has 1 aromatic heterocycles. The van der Waals surface area contributed by atoms with Crippen LogP contribution >= 0.6 is 11.3 Å². The fourth-order valence-corrected chi connectivity index (χ4v) is 2.51. The zero-order chi connectivity index (χ0) is 13.9. The summed E-state index contributed by atoms with van der Waals surface area (Å²) in [5.41, 5.74) is 0. The number of ether oxygens (including phenoxy) is 1. The van der Waals surface area contributed by atoms with Gasteiger partial charge in [0.05, 0.1) is 13.0 Å². The number of rotatable bonds is 5. The third-order valence-electron chi connectivity index (χ3n) is 2.55. The molecule has 0 aromatic carbocycles. The number of hydrogen-bond donors (Lipinski definition) is 1. The Balaban J connectivity index is 2.83. The van der Waals surface area contributed by atoms with Crippen LogP contribution in [-0.4, -0.2) is 42.6 Å². The van der Waals surface area contributed by atoms with Crippen molar-refractivity contribution >= 4 is 23.2 Å². The molecule has 18 heavy (non-hydrogen) atoms. The van der Waals surface area contributed by atoms with Crippen LogP contribution in [-0.2, 0) is 4.79 Å². The molecular formula is C12H17NO4S. The van der Waals surface area contributed by atoms with Crippen LogP contribution in [0.4, 0.5) is 0 Å². The molecule has 1 amide bonds. The van der Waals surface area contributed by atoms with Gasteiger partial charge in [-0.2, -0.15) is 0 Å². The number of nitrogens with zero attached hydrogens (tertiary/aromatic N) is 1. The van der Waals surface area contributed by atoms with Crippen molar-refractivity contribution in [3.05, 3.63) is 15.8 Å². The first-order valence-electron chi connectivity index (χ1n) is 5.49. The first kappa shape index (κ1) is 14.5. The van der Waals surface area contributed by atoms with Gasteiger partial charge in [-0.1, -0.05) is 6.92 Å². The van der Waals surface area contributed by atoms with E-state index in [9.17, 15) is 9.59 Å². The Labute approximate surface area is 110 Å². The van der Waals surface area contributed by atoms with Crippen LogP contribution in [0.2, 0.25) is 0 Å². The number of methoxy groups -OCH3 is 1. The Morgan fingerprint density at radius 3 is 2.67 bits per heavy atom. The average Bonchev–Trinajstić information content (AvgIpc) is 2.69. The van der Waals surface area contributed by atoms with Gasteiger partial charge in [0.25, 0.3) is 5.91 Å². The van der Waals surface area contributed by atoms with Gasteiger partial charge in [0.2, 0.25) is 0 Å². The number of hydrogen-bond acceptors (Lipinski definition) is 4. The molecule has 1 N–H and O–H groups in total. The first-order chi connectivity index (χ1) is 8.36. The summed E-state index contributed by atoms with van der Waals surface area (Å²) in [6.07, 6.45) is 0. The zero-order valence-corrected chi connectivity index (χ0v) is 11.7. The Hall–Kier alpha value is -1.56. The third kappa shape index (κ3) is 3.22. The van der Waals surface area contributed by atoms with Crippen molar-refractivity contribution in [3.63, 3.8) is 0 Å². The molecule has 0 aliphatic carbocycles. The Morgan fingerprint density at radius 1 is 1.56 bits per heavy atom. The van der Waals surface area contributed by atoms with E-state index in [2.05, 4.69) is 0 Å². The van der Waals surface area contributed by atoms with Crippen LogP contribution in [0.5, 0.6) is 5.75 Å². The van der Waals surface area contributed by atoms with E-state index in [-0.39, 0.29) is 12.5 Å². The number of thiophene rings is 1. The van der Waals surface area contributed by atoms with E-state index in [1.165, 1.54) is 23.3 Å². The molecule has 0 fully saturated rings. The molecule has 1 unspecified atom stereocenters. The predicted octanol–water partition coefficient (Wildman–Crippen LogP) is 1.86. The number of amides is 1. The second kappa shape index (κ2) is 5.86. The summed E-state index contributed by atoms with van der Waals surface area (Å²) in [6.45, 7) is 3.64. The SMILES string of the molecule is COc1cc(C)sc1C(=O)N(C)CC(C)C(=O)O. The maximum Gasteiger partial charge on any atom is 0.308 e. The van der Waals surface area contributed by atoms with Crippen LogP contribution < -0.4 is 4.74 Å². The van der Waals surface area contributed by atoms with Gasteiger partial charge in [-0.25, -0.2) is 0 Å². The number of carbonyl (C=O) groups excluding carboxylic acids is 1. The van der Waals surface area contributed by atoms with Crippen molar-refractivity contribution in [3.8, 4) is 5.75 Å². The molecule has 0 radical (unpaired) electrons. The summed E-state index contributed by atoms with van der Waals surface area (Å²) in [7, 11) is 3.11. The van der Waals surface area contributed by atoms with E-state index < -0.39 is 11.9 Å². The van der Waals surface area contributed by atoms with Gasteiger partial charge < -0.3 is 14.7 Å². The molecule has 0 aliphatic heterocycles. The summed E-state index contributed by atoms with van der Waals surface area (Å²) < 4.78 is 5.14. The number of carbonyl (C=O) groups is 2. The van der Waals surface area contributed by atoms with Crippen LogP contribution in [0.25, 0.3) is 0 Å². The maximum atomic E-state index is 12.2. The van der Waals surface area contributed by atoms with Crippen LogP contribution in [0, 0.1) is 12.8 Å². The molecule has 100 valence electrons. The van der Waals surface area contributed by atoms with E-state index in [4.69, 9.17) is 9.84 Å². The standard InChI is InChI=1S/C12H17NO4S/c1-7(12(15)16)6-13(3)11(14)10-9(17-4)5-8(2)18-10/h5,7H,6H2,1-4H3,(H,15,16). The lowest BCUT2D eigenvalue weighted by molar-refractivity contribution is -0.141. The molecule has 0 spiro atoms. The van der Waals surface area contributed by atoms with Crippen LogP contribution in [0.15, 0.2) is 6.07 Å². The van der Waals surface area contributed by atoms with Gasteiger partial charge in [-0.05, 0) is 13.0 Å². The lowest BCUT2D eigenvalue weighted by Gasteiger charge is -2.19. The van der Waals surface area contributed by atoms with Crippen molar-refractivity contribution < 1.29 is 19.4 Å². The minimum Gasteiger partial charge on any atom is -0.495 e. The summed E-state index contributed by atoms with van der Waals surface area (Å²) in [5, 5.41) is 8.83. The molecule has 0 saturated heterocycles. The summed E-state index contributed by atoms with van der Waals surface area (Å²) in [6, 6.07) is 1.80. The van der Waals surface area contributed by atoms with E-state index in [1.54, 1.807) is 20.0 Å². The van der Waals surface area contributed by atoms with E-state index in [0.29, 0.717) is 10.6 Å². The molecule has 6 heteroatoms. The van der Waals surface area contributed by atoms with Crippen molar-refractivity contribution in [2.24, 2.45) is 5.92 Å². The molecule has 1 heterocycles. The van der Waals surface area contributed by atoms with Gasteiger partial charge in [0, 0.05) is 18.5 Å². The number of carboxylic acids is 1. The molecule has 5 nitrogen and oxygen atoms in total. The number of aliphatic carboxylic acids is 1. The molecule has 1 atom stereocenters. The number of carboxylic acid groups (broad SMARTS) is 1. The van der Waals surface area contributed by atoms with Gasteiger partial charge in [-0.15, -0.1) is 11.3 Å². The molecule has 0 saturated carbocycles. The van der Waals surface area contributed by atoms with Crippen molar-refractivity contribution in [1.29, 1.82) is 0 Å². The second-order valence-electron chi connectivity index (χ2n) is 4.18. The molecule has 0 bridgehead atoms. The van der Waals surface area contributed by atoms with Crippen molar-refractivity contribution in [2.75, 3.05) is 20.7 Å². The van der Waals surface area contributed by atoms with Gasteiger partial charge >= 0.3 is 5.97 Å². The molecule has 1 rings (SSSR count). The summed E-state index contributed by atoms with van der Waals surface area (Å²) >= 11 is 1.35. The third-order valence-corrected chi connectivity index (χ3v) is 3.57. The Kier molecular flexibility index (Phi) is 4.72. The molecular weight excluding hydrogens is 254 g/mol. The minimum absolute atomic E-state index is 0.175. The topological polar surface area (TPSA) is 66.8 Å². The zero-order valence-electron chi connectivity index (χ0n) is 10.9. The summed E-state index contributed by atoms with van der Waals surface area (Å²) in [5.74, 6) is -1.18. The van der Waals surface area contributed by atoms with E-state index in [1.807, 2.05) is 6.92 Å². The Bertz CT molecular complexity index is 455. The quantitative estimate of drug-likeness (QED) is 0.887. The maximum absolute atomic E-state index is 12.2. The normalized spacial score (nSPS) is 12.0. The highest BCUT2D eigenvalue weighted by molar-refractivity contribution is 7.14. The van der Waals surface area contributed by atoms with Crippen LogP contribution in [0.1, 0.15) is 21.5 Å². The van der Waals surface area contributed by atoms with E-state index in [0.717, 1.165) is 4.88 Å². The lowest BCUT2D eigenvalue weighted by Crippen LogP contribution is -2.33. The fourth-order valence-electron chi connectivity index (χ4n) is 1.54. The van der Waals surface area contributed by atoms with E-state index >= 15 is 0 Å². The highest BCUT2D eigenvalue weighted by Crippen LogP contribution is 2.29. The summed E-state index contributed by atoms with van der Waals surface area (Å²) in [4.78, 5) is 25.8. The largest absolute Gasteiger partial charge is 0.495 e. The van der Waals surface area contributed by atoms with Gasteiger partial charge in [0.15, 0.2) is 0 Å². The van der Waals surface area contributed by atoms with Gasteiger partial charge in [-0.3, -0.25) is 9.59 Å². The minimum atomic E-state index is -0.913. The highest BCUT2D eigenvalue weighted by atomic mass is 32.1. The van der Waals surface area contributed by atoms with Gasteiger partial charge in [0.1, 0.15) is 10.6 Å². The Morgan fingerprint density at radius 2 is 2.17 bits per heavy atom. The van der Waals surface area contributed by atoms with Crippen LogP contribution in [0.3, 0.4) is 0 Å². The average molecular weight is 271 g/mol. The number of aryl methyl sites for hydroxylation is 1. The smallest absolute Gasteiger partial charge is 0.308 e. The van der Waals surface area contributed by atoms with Crippen molar-refractivity contribution in [1.82, 2.24) is 4.90 Å².